The molecule has 1 aliphatic rings. The minimum Gasteiger partial charge on any atom is -0.342 e. The van der Waals surface area contributed by atoms with Crippen molar-refractivity contribution >= 4 is 17.8 Å². The highest BCUT2D eigenvalue weighted by molar-refractivity contribution is 5.88. The van der Waals surface area contributed by atoms with Crippen LogP contribution < -0.4 is 5.32 Å². The Labute approximate surface area is 187 Å². The quantitative estimate of drug-likeness (QED) is 0.748. The van der Waals surface area contributed by atoms with Crippen molar-refractivity contribution in [3.63, 3.8) is 0 Å². The maximum Gasteiger partial charge on any atom is 0.323 e. The van der Waals surface area contributed by atoms with Gasteiger partial charge in [0.15, 0.2) is 5.82 Å². The highest BCUT2D eigenvalue weighted by Crippen LogP contribution is 2.23. The predicted octanol–water partition coefficient (Wildman–Crippen LogP) is 4.56. The van der Waals surface area contributed by atoms with Crippen LogP contribution in [-0.2, 0) is 4.79 Å². The van der Waals surface area contributed by atoms with Gasteiger partial charge < -0.3 is 9.80 Å². The third-order valence-corrected chi connectivity index (χ3v) is 5.31. The molecule has 3 rings (SSSR count). The number of piperidine rings is 1. The van der Waals surface area contributed by atoms with E-state index in [0.717, 1.165) is 18.2 Å². The van der Waals surface area contributed by atoms with Crippen molar-refractivity contribution in [2.24, 2.45) is 5.41 Å². The number of nitrogens with one attached hydrogen (secondary N) is 1. The molecule has 1 aromatic carbocycles. The first-order chi connectivity index (χ1) is 14.5. The van der Waals surface area contributed by atoms with Crippen molar-refractivity contribution in [3.8, 4) is 11.3 Å². The zero-order chi connectivity index (χ0) is 22.8. The minimum absolute atomic E-state index is 0. The molecule has 0 radical (unpaired) electrons. The molecular weight excluding hydrogens is 416 g/mol. The van der Waals surface area contributed by atoms with Crippen LogP contribution >= 0.6 is 0 Å². The van der Waals surface area contributed by atoms with Crippen molar-refractivity contribution in [2.75, 3.05) is 25.5 Å². The minimum atomic E-state index is -0.703. The molecule has 0 aliphatic carbocycles. The van der Waals surface area contributed by atoms with Gasteiger partial charge in [-0.25, -0.2) is 18.6 Å². The summed E-state index contributed by atoms with van der Waals surface area (Å²) in [5.41, 5.74) is 0.135. The molecule has 1 fully saturated rings. The highest BCUT2D eigenvalue weighted by Gasteiger charge is 2.32. The van der Waals surface area contributed by atoms with Crippen LogP contribution in [0.4, 0.5) is 19.4 Å². The molecule has 1 aliphatic heterocycles. The largest absolute Gasteiger partial charge is 0.342 e. The molecule has 0 bridgehead atoms. The van der Waals surface area contributed by atoms with Crippen molar-refractivity contribution < 1.29 is 18.4 Å². The second-order valence-corrected chi connectivity index (χ2v) is 8.76. The molecule has 174 valence electrons. The molecule has 0 unspecified atom stereocenters. The van der Waals surface area contributed by atoms with E-state index in [0.29, 0.717) is 31.6 Å². The Morgan fingerprint density at radius 1 is 1.06 bits per heavy atom. The lowest BCUT2D eigenvalue weighted by Crippen LogP contribution is -2.50. The van der Waals surface area contributed by atoms with Crippen molar-refractivity contribution in [1.82, 2.24) is 19.8 Å². The molecule has 32 heavy (non-hydrogen) atoms. The monoisotopic (exact) mass is 447 g/mol. The summed E-state index contributed by atoms with van der Waals surface area (Å²) < 4.78 is 26.8. The number of amides is 3. The van der Waals surface area contributed by atoms with Crippen LogP contribution in [0.1, 0.15) is 41.0 Å². The van der Waals surface area contributed by atoms with E-state index in [4.69, 9.17) is 0 Å². The summed E-state index contributed by atoms with van der Waals surface area (Å²) in [7, 11) is 1.71. The second-order valence-electron chi connectivity index (χ2n) is 8.76. The van der Waals surface area contributed by atoms with E-state index in [2.05, 4.69) is 15.3 Å². The van der Waals surface area contributed by atoms with Crippen LogP contribution in [0.25, 0.3) is 11.3 Å². The van der Waals surface area contributed by atoms with E-state index in [9.17, 15) is 18.4 Å². The number of hydrogen-bond donors (Lipinski definition) is 1. The molecule has 1 aromatic heterocycles. The molecule has 2 aromatic rings. The molecule has 0 saturated carbocycles. The summed E-state index contributed by atoms with van der Waals surface area (Å²) in [5, 5.41) is 2.68. The van der Waals surface area contributed by atoms with Gasteiger partial charge in [-0.3, -0.25) is 15.1 Å². The summed E-state index contributed by atoms with van der Waals surface area (Å²) in [4.78, 5) is 36.7. The summed E-state index contributed by atoms with van der Waals surface area (Å²) in [5.74, 6) is -1.05. The number of aromatic nitrogens is 2. The van der Waals surface area contributed by atoms with Gasteiger partial charge in [0.05, 0.1) is 18.1 Å². The fourth-order valence-electron chi connectivity index (χ4n) is 3.54. The SMILES string of the molecule is C.CN(C(=O)Nc1cnc(-c2cc(F)cc(F)c2)cn1)C1CCN(C(=O)C(C)(C)C)CC1. The molecule has 0 atom stereocenters. The van der Waals surface area contributed by atoms with Crippen molar-refractivity contribution in [1.29, 1.82) is 0 Å². The molecule has 1 saturated heterocycles. The second kappa shape index (κ2) is 10.0. The van der Waals surface area contributed by atoms with E-state index in [1.54, 1.807) is 11.9 Å². The Bertz CT molecular complexity index is 932. The van der Waals surface area contributed by atoms with E-state index in [1.165, 1.54) is 12.4 Å². The number of likely N-dealkylation sites (tertiary alicyclic amines) is 1. The van der Waals surface area contributed by atoms with Gasteiger partial charge in [-0.2, -0.15) is 0 Å². The Kier molecular flexibility index (Phi) is 7.87. The standard InChI is InChI=1S/C22H27F2N5O2.CH4/c1-22(2,3)20(30)29-7-5-17(6-8-29)28(4)21(31)27-19-13-25-18(12-26-19)14-9-15(23)11-16(24)10-14;/h9-13,17H,5-8H2,1-4H3,(H,26,27,31);1H4. The van der Waals surface area contributed by atoms with Crippen molar-refractivity contribution in [2.45, 2.75) is 47.1 Å². The number of anilines is 1. The number of rotatable bonds is 3. The lowest BCUT2D eigenvalue weighted by Gasteiger charge is -2.38. The lowest BCUT2D eigenvalue weighted by molar-refractivity contribution is -0.140. The topological polar surface area (TPSA) is 78.4 Å². The summed E-state index contributed by atoms with van der Waals surface area (Å²) in [6.45, 7) is 6.92. The Morgan fingerprint density at radius 2 is 1.66 bits per heavy atom. The fourth-order valence-corrected chi connectivity index (χ4v) is 3.54. The molecular formula is C23H31F2N5O2. The predicted molar refractivity (Wildman–Crippen MR) is 120 cm³/mol. The van der Waals surface area contributed by atoms with Crippen LogP contribution in [0.5, 0.6) is 0 Å². The Balaban J connectivity index is 0.00000363. The highest BCUT2D eigenvalue weighted by atomic mass is 19.1. The van der Waals surface area contributed by atoms with Crippen LogP contribution in [0.3, 0.4) is 0 Å². The Hall–Kier alpha value is -3.10. The van der Waals surface area contributed by atoms with Gasteiger partial charge in [-0.15, -0.1) is 0 Å². The van der Waals surface area contributed by atoms with Gasteiger partial charge in [0.25, 0.3) is 0 Å². The zero-order valence-corrected chi connectivity index (χ0v) is 18.2. The molecule has 3 amide bonds. The number of benzene rings is 1. The zero-order valence-electron chi connectivity index (χ0n) is 18.2. The third-order valence-electron chi connectivity index (χ3n) is 5.31. The summed E-state index contributed by atoms with van der Waals surface area (Å²) in [6.07, 6.45) is 4.08. The average Bonchev–Trinajstić information content (AvgIpc) is 2.72. The fraction of sp³-hybridized carbons (Fsp3) is 0.478. The van der Waals surface area contributed by atoms with Crippen LogP contribution in [0, 0.1) is 17.0 Å². The first-order valence-corrected chi connectivity index (χ1v) is 10.2. The first-order valence-electron chi connectivity index (χ1n) is 10.2. The molecule has 7 nitrogen and oxygen atoms in total. The van der Waals surface area contributed by atoms with Gasteiger partial charge in [-0.05, 0) is 25.0 Å². The van der Waals surface area contributed by atoms with Gasteiger partial charge in [-0.1, -0.05) is 28.2 Å². The maximum atomic E-state index is 13.4. The molecule has 2 heterocycles. The third kappa shape index (κ3) is 5.99. The number of urea groups is 1. The number of carbonyl (C=O) groups excluding carboxylic acids is 2. The van der Waals surface area contributed by atoms with Gasteiger partial charge >= 0.3 is 6.03 Å². The number of halogens is 2. The number of nitrogens with zero attached hydrogens (tertiary/aromatic N) is 4. The van der Waals surface area contributed by atoms with Crippen LogP contribution in [0.15, 0.2) is 30.6 Å². The summed E-state index contributed by atoms with van der Waals surface area (Å²) >= 11 is 0. The first kappa shape index (κ1) is 25.2. The van der Waals surface area contributed by atoms with Crippen LogP contribution in [0.2, 0.25) is 0 Å². The average molecular weight is 448 g/mol. The number of carbonyl (C=O) groups is 2. The van der Waals surface area contributed by atoms with E-state index < -0.39 is 17.0 Å². The van der Waals surface area contributed by atoms with E-state index >= 15 is 0 Å². The smallest absolute Gasteiger partial charge is 0.323 e. The normalized spacial score (nSPS) is 14.5. The van der Waals surface area contributed by atoms with Gasteiger partial charge in [0, 0.05) is 43.2 Å². The van der Waals surface area contributed by atoms with E-state index in [1.807, 2.05) is 25.7 Å². The number of hydrogen-bond acceptors (Lipinski definition) is 4. The molecule has 9 heteroatoms. The summed E-state index contributed by atoms with van der Waals surface area (Å²) in [6, 6.07) is 2.78. The van der Waals surface area contributed by atoms with Crippen molar-refractivity contribution in [3.05, 3.63) is 42.2 Å². The Morgan fingerprint density at radius 3 is 2.16 bits per heavy atom. The molecule has 1 N–H and O–H groups in total. The van der Waals surface area contributed by atoms with Gasteiger partial charge in [0.2, 0.25) is 5.91 Å². The van der Waals surface area contributed by atoms with Gasteiger partial charge in [0.1, 0.15) is 11.6 Å². The van der Waals surface area contributed by atoms with Crippen LogP contribution in [-0.4, -0.2) is 57.9 Å². The maximum absolute atomic E-state index is 13.4. The van der Waals surface area contributed by atoms with E-state index in [-0.39, 0.29) is 36.8 Å². The molecule has 0 spiro atoms. The lowest BCUT2D eigenvalue weighted by atomic mass is 9.93.